The second kappa shape index (κ2) is 13.0. The van der Waals surface area contributed by atoms with E-state index in [4.69, 9.17) is 4.74 Å². The monoisotopic (exact) mass is 489 g/mol. The van der Waals surface area contributed by atoms with Crippen LogP contribution in [0.1, 0.15) is 37.0 Å². The Labute approximate surface area is 205 Å². The van der Waals surface area contributed by atoms with Crippen molar-refractivity contribution in [3.8, 4) is 11.5 Å². The maximum absolute atomic E-state index is 13.1. The summed E-state index contributed by atoms with van der Waals surface area (Å²) in [7, 11) is 0. The number of piperidine rings is 1. The topological polar surface area (TPSA) is 71.1 Å². The number of alkyl halides is 2. The average molecular weight is 490 g/mol. The van der Waals surface area contributed by atoms with Gasteiger partial charge in [-0.25, -0.2) is 0 Å². The molecule has 1 heterocycles. The molecule has 3 rings (SSSR count). The Morgan fingerprint density at radius 1 is 1.09 bits per heavy atom. The van der Waals surface area contributed by atoms with Crippen LogP contribution in [0, 0.1) is 5.92 Å². The third-order valence-corrected chi connectivity index (χ3v) is 6.12. The number of nitrogens with one attached hydrogen (secondary N) is 1. The summed E-state index contributed by atoms with van der Waals surface area (Å²) in [4.78, 5) is 29.9. The van der Waals surface area contributed by atoms with Gasteiger partial charge in [-0.3, -0.25) is 9.59 Å². The van der Waals surface area contributed by atoms with Gasteiger partial charge in [0.15, 0.2) is 0 Å². The van der Waals surface area contributed by atoms with Crippen molar-refractivity contribution in [3.63, 3.8) is 0 Å². The Morgan fingerprint density at radius 3 is 2.49 bits per heavy atom. The third-order valence-electron chi connectivity index (χ3n) is 6.12. The van der Waals surface area contributed by atoms with Gasteiger partial charge in [-0.15, -0.1) is 0 Å². The van der Waals surface area contributed by atoms with Crippen LogP contribution in [-0.4, -0.2) is 67.6 Å². The molecule has 35 heavy (non-hydrogen) atoms. The van der Waals surface area contributed by atoms with E-state index in [1.807, 2.05) is 18.2 Å². The number of likely N-dealkylation sites (N-methyl/N-ethyl adjacent to an activating group) is 1. The number of amides is 2. The maximum atomic E-state index is 13.1. The van der Waals surface area contributed by atoms with Crippen molar-refractivity contribution in [1.29, 1.82) is 0 Å². The lowest BCUT2D eigenvalue weighted by molar-refractivity contribution is -0.121. The summed E-state index contributed by atoms with van der Waals surface area (Å²) >= 11 is 0. The minimum absolute atomic E-state index is 0.0563. The fourth-order valence-corrected chi connectivity index (χ4v) is 4.14. The molecule has 7 nitrogen and oxygen atoms in total. The molecule has 1 aliphatic rings. The zero-order chi connectivity index (χ0) is 25.2. The molecular formula is C26H33F2N3O4. The van der Waals surface area contributed by atoms with Crippen LogP contribution in [-0.2, 0) is 4.79 Å². The first-order chi connectivity index (χ1) is 16.9. The first-order valence-corrected chi connectivity index (χ1v) is 12.0. The van der Waals surface area contributed by atoms with Crippen molar-refractivity contribution in [2.75, 3.05) is 44.6 Å². The van der Waals surface area contributed by atoms with Crippen molar-refractivity contribution < 1.29 is 27.8 Å². The molecule has 2 aromatic rings. The molecule has 1 aliphatic heterocycles. The summed E-state index contributed by atoms with van der Waals surface area (Å²) < 4.78 is 35.9. The quantitative estimate of drug-likeness (QED) is 0.503. The predicted molar refractivity (Wildman–Crippen MR) is 130 cm³/mol. The molecule has 1 saturated heterocycles. The molecule has 1 N–H and O–H groups in total. The molecule has 190 valence electrons. The highest BCUT2D eigenvalue weighted by molar-refractivity contribution is 5.98. The van der Waals surface area contributed by atoms with Crippen molar-refractivity contribution >= 4 is 17.5 Å². The van der Waals surface area contributed by atoms with Crippen LogP contribution in [0.3, 0.4) is 0 Å². The van der Waals surface area contributed by atoms with E-state index in [0.29, 0.717) is 37.4 Å². The number of halogens is 2. The van der Waals surface area contributed by atoms with Crippen LogP contribution in [0.2, 0.25) is 0 Å². The smallest absolute Gasteiger partial charge is 0.387 e. The Balaban J connectivity index is 1.63. The molecule has 0 aromatic heterocycles. The molecule has 2 aromatic carbocycles. The summed E-state index contributed by atoms with van der Waals surface area (Å²) in [6.45, 7) is 4.96. The van der Waals surface area contributed by atoms with E-state index < -0.39 is 18.4 Å². The van der Waals surface area contributed by atoms with Crippen LogP contribution in [0.4, 0.5) is 14.5 Å². The SMILES string of the molecule is CCN(CC)CCOc1ccccc1NC(=O)C1CCCN(C(=O)c2ccccc2OC(F)F)C1. The molecule has 0 aliphatic carbocycles. The minimum atomic E-state index is -3.03. The number of para-hydroxylation sites is 3. The minimum Gasteiger partial charge on any atom is -0.490 e. The zero-order valence-electron chi connectivity index (χ0n) is 20.2. The Morgan fingerprint density at radius 2 is 1.77 bits per heavy atom. The van der Waals surface area contributed by atoms with Crippen molar-refractivity contribution in [2.24, 2.45) is 5.92 Å². The summed E-state index contributed by atoms with van der Waals surface area (Å²) in [6, 6.07) is 13.2. The second-order valence-electron chi connectivity index (χ2n) is 8.33. The molecular weight excluding hydrogens is 456 g/mol. The molecule has 2 amide bonds. The molecule has 0 spiro atoms. The van der Waals surface area contributed by atoms with Crippen molar-refractivity contribution in [1.82, 2.24) is 9.80 Å². The van der Waals surface area contributed by atoms with Crippen LogP contribution in [0.25, 0.3) is 0 Å². The van der Waals surface area contributed by atoms with Gasteiger partial charge in [0.2, 0.25) is 5.91 Å². The Hall–Kier alpha value is -3.20. The van der Waals surface area contributed by atoms with Gasteiger partial charge in [0, 0.05) is 19.6 Å². The average Bonchev–Trinajstić information content (AvgIpc) is 2.87. The highest BCUT2D eigenvalue weighted by Crippen LogP contribution is 2.28. The standard InChI is InChI=1S/C26H33F2N3O4/c1-3-30(4-2)16-17-34-23-14-8-6-12-21(23)29-24(32)19-10-9-15-31(18-19)25(33)20-11-5-7-13-22(20)35-26(27)28/h5-8,11-14,19,26H,3-4,9-10,15-18H2,1-2H3,(H,29,32). The number of benzene rings is 2. The molecule has 9 heteroatoms. The molecule has 1 atom stereocenters. The van der Waals surface area contributed by atoms with Gasteiger partial charge in [-0.2, -0.15) is 8.78 Å². The highest BCUT2D eigenvalue weighted by Gasteiger charge is 2.30. The van der Waals surface area contributed by atoms with Crippen LogP contribution in [0.5, 0.6) is 11.5 Å². The zero-order valence-corrected chi connectivity index (χ0v) is 20.2. The number of anilines is 1. The number of ether oxygens (including phenoxy) is 2. The van der Waals surface area contributed by atoms with Crippen molar-refractivity contribution in [2.45, 2.75) is 33.3 Å². The van der Waals surface area contributed by atoms with Crippen LogP contribution in [0.15, 0.2) is 48.5 Å². The number of hydrogen-bond acceptors (Lipinski definition) is 5. The fraction of sp³-hybridized carbons (Fsp3) is 0.462. The van der Waals surface area contributed by atoms with E-state index in [-0.39, 0.29) is 23.8 Å². The predicted octanol–water partition coefficient (Wildman–Crippen LogP) is 4.50. The number of nitrogens with zero attached hydrogens (tertiary/aromatic N) is 2. The lowest BCUT2D eigenvalue weighted by atomic mass is 9.96. The largest absolute Gasteiger partial charge is 0.490 e. The molecule has 0 radical (unpaired) electrons. The number of carbonyl (C=O) groups excluding carboxylic acids is 2. The first kappa shape index (κ1) is 26.4. The maximum Gasteiger partial charge on any atom is 0.387 e. The van der Waals surface area contributed by atoms with E-state index in [9.17, 15) is 18.4 Å². The van der Waals surface area contributed by atoms with E-state index in [1.54, 1.807) is 12.1 Å². The Bertz CT molecular complexity index is 985. The van der Waals surface area contributed by atoms with Gasteiger partial charge in [-0.1, -0.05) is 38.1 Å². The van der Waals surface area contributed by atoms with Crippen LogP contribution >= 0.6 is 0 Å². The van der Waals surface area contributed by atoms with Gasteiger partial charge in [-0.05, 0) is 50.2 Å². The summed E-state index contributed by atoms with van der Waals surface area (Å²) in [5, 5.41) is 2.94. The van der Waals surface area contributed by atoms with Gasteiger partial charge in [0.1, 0.15) is 18.1 Å². The number of carbonyl (C=O) groups is 2. The lowest BCUT2D eigenvalue weighted by Crippen LogP contribution is -2.44. The van der Waals surface area contributed by atoms with E-state index >= 15 is 0 Å². The summed E-state index contributed by atoms with van der Waals surface area (Å²) in [5.41, 5.74) is 0.636. The van der Waals surface area contributed by atoms with E-state index in [0.717, 1.165) is 19.6 Å². The first-order valence-electron chi connectivity index (χ1n) is 12.0. The van der Waals surface area contributed by atoms with E-state index in [1.165, 1.54) is 23.1 Å². The molecule has 0 bridgehead atoms. The molecule has 0 saturated carbocycles. The van der Waals surface area contributed by atoms with Gasteiger partial charge >= 0.3 is 6.61 Å². The lowest BCUT2D eigenvalue weighted by Gasteiger charge is -2.32. The third kappa shape index (κ3) is 7.39. The number of hydrogen-bond donors (Lipinski definition) is 1. The second-order valence-corrected chi connectivity index (χ2v) is 8.33. The highest BCUT2D eigenvalue weighted by atomic mass is 19.3. The number of rotatable bonds is 11. The van der Waals surface area contributed by atoms with Gasteiger partial charge in [0.25, 0.3) is 5.91 Å². The van der Waals surface area contributed by atoms with Gasteiger partial charge < -0.3 is 24.6 Å². The normalized spacial score (nSPS) is 15.8. The van der Waals surface area contributed by atoms with Crippen LogP contribution < -0.4 is 14.8 Å². The summed E-state index contributed by atoms with van der Waals surface area (Å²) in [5.74, 6) is -0.650. The van der Waals surface area contributed by atoms with Crippen molar-refractivity contribution in [3.05, 3.63) is 54.1 Å². The molecule has 1 unspecified atom stereocenters. The van der Waals surface area contributed by atoms with E-state index in [2.05, 4.69) is 28.8 Å². The molecule has 1 fully saturated rings. The fourth-order valence-electron chi connectivity index (χ4n) is 4.14. The number of likely N-dealkylation sites (tertiary alicyclic amines) is 1. The van der Waals surface area contributed by atoms with Gasteiger partial charge in [0.05, 0.1) is 17.2 Å². The summed E-state index contributed by atoms with van der Waals surface area (Å²) in [6.07, 6.45) is 1.25. The Kier molecular flexibility index (Phi) is 9.84.